The summed E-state index contributed by atoms with van der Waals surface area (Å²) in [6.45, 7) is 0. The molecule has 0 unspecified atom stereocenters. The summed E-state index contributed by atoms with van der Waals surface area (Å²) in [5.74, 6) is -0.503. The van der Waals surface area contributed by atoms with Gasteiger partial charge < -0.3 is 0 Å². The van der Waals surface area contributed by atoms with Crippen molar-refractivity contribution in [2.45, 2.75) is 0 Å². The van der Waals surface area contributed by atoms with E-state index >= 15 is 0 Å². The molecule has 2 nitrogen and oxygen atoms in total. The minimum absolute atomic E-state index is 0.279. The Balaban J connectivity index is 2.89. The first kappa shape index (κ1) is 8.68. The Morgan fingerprint density at radius 3 is 2.64 bits per heavy atom. The number of nitriles is 2. The number of fused-ring (bicyclic) bond motifs is 1. The topological polar surface area (TPSA) is 47.6 Å². The fourth-order valence-electron chi connectivity index (χ4n) is 1.26. The standard InChI is InChI=1S/C10H3FN2S/c11-8-1-6(3-12)2-9-10(8)7(4-13)5-14-9/h1-2,5H. The van der Waals surface area contributed by atoms with E-state index in [0.29, 0.717) is 15.6 Å². The summed E-state index contributed by atoms with van der Waals surface area (Å²) < 4.78 is 14.1. The predicted octanol–water partition coefficient (Wildman–Crippen LogP) is 2.78. The van der Waals surface area contributed by atoms with Gasteiger partial charge in [-0.3, -0.25) is 0 Å². The first-order chi connectivity index (χ1) is 6.76. The van der Waals surface area contributed by atoms with Crippen LogP contribution >= 0.6 is 11.3 Å². The number of hydrogen-bond donors (Lipinski definition) is 0. The maximum atomic E-state index is 13.4. The largest absolute Gasteiger partial charge is 0.206 e. The molecule has 0 aliphatic heterocycles. The van der Waals surface area contributed by atoms with Gasteiger partial charge >= 0.3 is 0 Å². The van der Waals surface area contributed by atoms with Gasteiger partial charge in [0.25, 0.3) is 0 Å². The highest BCUT2D eigenvalue weighted by Crippen LogP contribution is 2.28. The van der Waals surface area contributed by atoms with Crippen molar-refractivity contribution in [1.82, 2.24) is 0 Å². The SMILES string of the molecule is N#Cc1cc(F)c2c(C#N)csc2c1. The molecule has 0 radical (unpaired) electrons. The van der Waals surface area contributed by atoms with Gasteiger partial charge in [0.15, 0.2) is 0 Å². The van der Waals surface area contributed by atoms with Gasteiger partial charge in [-0.25, -0.2) is 4.39 Å². The van der Waals surface area contributed by atoms with Crippen molar-refractivity contribution in [3.8, 4) is 12.1 Å². The van der Waals surface area contributed by atoms with E-state index in [1.165, 1.54) is 11.3 Å². The van der Waals surface area contributed by atoms with Gasteiger partial charge in [-0.15, -0.1) is 11.3 Å². The smallest absolute Gasteiger partial charge is 0.134 e. The Labute approximate surface area is 83.4 Å². The monoisotopic (exact) mass is 202 g/mol. The highest BCUT2D eigenvalue weighted by molar-refractivity contribution is 7.17. The van der Waals surface area contributed by atoms with Crippen molar-refractivity contribution in [2.75, 3.05) is 0 Å². The lowest BCUT2D eigenvalue weighted by Crippen LogP contribution is -1.81. The van der Waals surface area contributed by atoms with Crippen molar-refractivity contribution in [1.29, 1.82) is 10.5 Å². The fraction of sp³-hybridized carbons (Fsp3) is 0. The second kappa shape index (κ2) is 3.10. The van der Waals surface area contributed by atoms with Crippen LogP contribution in [0, 0.1) is 28.5 Å². The molecule has 0 saturated carbocycles. The first-order valence-corrected chi connectivity index (χ1v) is 4.65. The van der Waals surface area contributed by atoms with Crippen LogP contribution in [-0.4, -0.2) is 0 Å². The van der Waals surface area contributed by atoms with Crippen molar-refractivity contribution in [2.24, 2.45) is 0 Å². The molecular formula is C10H3FN2S. The molecule has 0 amide bonds. The average molecular weight is 202 g/mol. The third-order valence-corrected chi connectivity index (χ3v) is 2.81. The van der Waals surface area contributed by atoms with Gasteiger partial charge in [0.2, 0.25) is 0 Å². The molecule has 0 bridgehead atoms. The van der Waals surface area contributed by atoms with E-state index in [-0.39, 0.29) is 5.56 Å². The van der Waals surface area contributed by atoms with Gasteiger partial charge in [-0.2, -0.15) is 10.5 Å². The number of benzene rings is 1. The summed E-state index contributed by atoms with van der Waals surface area (Å²) in [6, 6.07) is 6.52. The van der Waals surface area contributed by atoms with Crippen LogP contribution in [0.25, 0.3) is 10.1 Å². The Morgan fingerprint density at radius 2 is 2.00 bits per heavy atom. The summed E-state index contributed by atoms with van der Waals surface area (Å²) in [4.78, 5) is 0. The van der Waals surface area contributed by atoms with Crippen LogP contribution in [0.3, 0.4) is 0 Å². The average Bonchev–Trinajstić information content (AvgIpc) is 2.61. The molecule has 4 heteroatoms. The van der Waals surface area contributed by atoms with Crippen molar-refractivity contribution >= 4 is 21.4 Å². The second-order valence-corrected chi connectivity index (χ2v) is 3.62. The van der Waals surface area contributed by atoms with Gasteiger partial charge in [-0.1, -0.05) is 0 Å². The number of rotatable bonds is 0. The van der Waals surface area contributed by atoms with E-state index in [0.717, 1.165) is 6.07 Å². The van der Waals surface area contributed by atoms with Gasteiger partial charge in [0.05, 0.1) is 17.2 Å². The Hall–Kier alpha value is -1.91. The molecule has 1 aromatic carbocycles. The van der Waals surface area contributed by atoms with Crippen LogP contribution in [0.2, 0.25) is 0 Å². The Kier molecular flexibility index (Phi) is 1.92. The lowest BCUT2D eigenvalue weighted by Gasteiger charge is -1.94. The maximum absolute atomic E-state index is 13.4. The molecule has 2 rings (SSSR count). The van der Waals surface area contributed by atoms with Gasteiger partial charge in [0, 0.05) is 15.5 Å². The van der Waals surface area contributed by atoms with Crippen LogP contribution in [0.1, 0.15) is 11.1 Å². The summed E-state index contributed by atoms with van der Waals surface area (Å²) >= 11 is 1.27. The summed E-state index contributed by atoms with van der Waals surface area (Å²) in [7, 11) is 0. The van der Waals surface area contributed by atoms with Crippen molar-refractivity contribution in [3.63, 3.8) is 0 Å². The molecule has 14 heavy (non-hydrogen) atoms. The fourth-order valence-corrected chi connectivity index (χ4v) is 2.20. The molecule has 0 aliphatic carbocycles. The minimum atomic E-state index is -0.503. The number of thiophene rings is 1. The summed E-state index contributed by atoms with van der Waals surface area (Å²) in [5.41, 5.74) is 0.605. The summed E-state index contributed by atoms with van der Waals surface area (Å²) in [5, 5.41) is 19.2. The zero-order chi connectivity index (χ0) is 10.1. The summed E-state index contributed by atoms with van der Waals surface area (Å²) in [6.07, 6.45) is 0. The highest BCUT2D eigenvalue weighted by Gasteiger charge is 2.10. The van der Waals surface area contributed by atoms with E-state index in [2.05, 4.69) is 0 Å². The third kappa shape index (κ3) is 1.14. The molecule has 1 heterocycles. The molecule has 1 aromatic heterocycles. The van der Waals surface area contributed by atoms with Crippen LogP contribution in [-0.2, 0) is 0 Å². The third-order valence-electron chi connectivity index (χ3n) is 1.88. The molecule has 2 aromatic rings. The molecule has 66 valence electrons. The van der Waals surface area contributed by atoms with E-state index in [9.17, 15) is 4.39 Å². The van der Waals surface area contributed by atoms with Crippen LogP contribution in [0.15, 0.2) is 17.5 Å². The number of halogens is 1. The zero-order valence-corrected chi connectivity index (χ0v) is 7.73. The van der Waals surface area contributed by atoms with Gasteiger partial charge in [0.1, 0.15) is 11.9 Å². The highest BCUT2D eigenvalue weighted by atomic mass is 32.1. The molecule has 0 fully saturated rings. The normalized spacial score (nSPS) is 9.64. The molecule has 0 atom stereocenters. The lowest BCUT2D eigenvalue weighted by atomic mass is 10.1. The van der Waals surface area contributed by atoms with Crippen molar-refractivity contribution < 1.29 is 4.39 Å². The Bertz CT molecular complexity index is 586. The van der Waals surface area contributed by atoms with Gasteiger partial charge in [-0.05, 0) is 12.1 Å². The quantitative estimate of drug-likeness (QED) is 0.659. The van der Waals surface area contributed by atoms with E-state index in [1.54, 1.807) is 11.4 Å². The number of hydrogen-bond acceptors (Lipinski definition) is 3. The van der Waals surface area contributed by atoms with E-state index in [1.807, 2.05) is 12.1 Å². The van der Waals surface area contributed by atoms with E-state index in [4.69, 9.17) is 10.5 Å². The number of nitrogens with zero attached hydrogens (tertiary/aromatic N) is 2. The molecule has 0 aliphatic rings. The van der Waals surface area contributed by atoms with Crippen LogP contribution in [0.5, 0.6) is 0 Å². The first-order valence-electron chi connectivity index (χ1n) is 3.77. The zero-order valence-electron chi connectivity index (χ0n) is 6.91. The predicted molar refractivity (Wildman–Crippen MR) is 51.2 cm³/mol. The molecule has 0 N–H and O–H groups in total. The second-order valence-electron chi connectivity index (χ2n) is 2.70. The van der Waals surface area contributed by atoms with Crippen LogP contribution < -0.4 is 0 Å². The maximum Gasteiger partial charge on any atom is 0.134 e. The Morgan fingerprint density at radius 1 is 1.21 bits per heavy atom. The molecule has 0 saturated heterocycles. The van der Waals surface area contributed by atoms with E-state index < -0.39 is 5.82 Å². The molecule has 0 spiro atoms. The minimum Gasteiger partial charge on any atom is -0.206 e. The van der Waals surface area contributed by atoms with Crippen molar-refractivity contribution in [3.05, 3.63) is 34.5 Å². The molecular weight excluding hydrogens is 199 g/mol. The lowest BCUT2D eigenvalue weighted by molar-refractivity contribution is 0.639. The van der Waals surface area contributed by atoms with Crippen LogP contribution in [0.4, 0.5) is 4.39 Å².